The monoisotopic (exact) mass is 423 g/mol. The second-order valence-corrected chi connectivity index (χ2v) is 8.12. The van der Waals surface area contributed by atoms with Crippen LogP contribution < -0.4 is 0 Å². The minimum absolute atomic E-state index is 0.0688. The number of aliphatic hydroxyl groups is 1. The number of amides is 1. The van der Waals surface area contributed by atoms with Gasteiger partial charge in [0.2, 0.25) is 5.91 Å². The maximum absolute atomic E-state index is 13.7. The topological polar surface area (TPSA) is 79.4 Å². The van der Waals surface area contributed by atoms with Crippen molar-refractivity contribution in [2.45, 2.75) is 51.0 Å². The van der Waals surface area contributed by atoms with Crippen LogP contribution in [0.15, 0.2) is 60.7 Å². The average molecular weight is 424 g/mol. The summed E-state index contributed by atoms with van der Waals surface area (Å²) in [7, 11) is 0. The van der Waals surface area contributed by atoms with E-state index >= 15 is 0 Å². The van der Waals surface area contributed by atoms with Crippen LogP contribution in [-0.2, 0) is 19.1 Å². The molecule has 6 heteroatoms. The highest BCUT2D eigenvalue weighted by atomic mass is 16.6. The Hall–Kier alpha value is -2.70. The highest BCUT2D eigenvalue weighted by Crippen LogP contribution is 2.64. The first-order chi connectivity index (χ1) is 15.1. The Morgan fingerprint density at radius 2 is 1.77 bits per heavy atom. The summed E-state index contributed by atoms with van der Waals surface area (Å²) in [6.45, 7) is 4.33. The smallest absolute Gasteiger partial charge is 0.307 e. The lowest BCUT2D eigenvalue weighted by molar-refractivity contribution is -0.196. The maximum atomic E-state index is 13.7. The first-order valence-electron chi connectivity index (χ1n) is 11.0. The number of epoxide rings is 1. The third-order valence-electron chi connectivity index (χ3n) is 6.40. The Labute approximate surface area is 182 Å². The number of nitrogens with zero attached hydrogens (tertiary/aromatic N) is 1. The molecule has 2 aromatic carbocycles. The van der Waals surface area contributed by atoms with Crippen LogP contribution in [0.4, 0.5) is 0 Å². The van der Waals surface area contributed by atoms with E-state index in [-0.39, 0.29) is 37.0 Å². The third kappa shape index (κ3) is 3.64. The minimum atomic E-state index is -1.13. The zero-order valence-corrected chi connectivity index (χ0v) is 17.9. The van der Waals surface area contributed by atoms with Crippen LogP contribution >= 0.6 is 0 Å². The highest BCUT2D eigenvalue weighted by Gasteiger charge is 2.74. The molecule has 0 radical (unpaired) electrons. The summed E-state index contributed by atoms with van der Waals surface area (Å²) in [5.74, 6) is -0.514. The third-order valence-corrected chi connectivity index (χ3v) is 6.40. The quantitative estimate of drug-likeness (QED) is 0.380. The molecule has 164 valence electrons. The van der Waals surface area contributed by atoms with Gasteiger partial charge in [0.1, 0.15) is 11.5 Å². The molecule has 4 rings (SSSR count). The van der Waals surface area contributed by atoms with E-state index in [1.165, 1.54) is 0 Å². The van der Waals surface area contributed by atoms with E-state index in [1.807, 2.05) is 67.6 Å². The molecule has 2 fully saturated rings. The van der Waals surface area contributed by atoms with Gasteiger partial charge in [-0.15, -0.1) is 0 Å². The number of hydrogen-bond acceptors (Lipinski definition) is 5. The lowest BCUT2D eigenvalue weighted by Crippen LogP contribution is -2.68. The van der Waals surface area contributed by atoms with Crippen LogP contribution in [0.3, 0.4) is 0 Å². The lowest BCUT2D eigenvalue weighted by atomic mass is 9.60. The molecule has 2 saturated heterocycles. The summed E-state index contributed by atoms with van der Waals surface area (Å²) in [4.78, 5) is 27.4. The van der Waals surface area contributed by atoms with Gasteiger partial charge in [-0.25, -0.2) is 0 Å². The molecular formula is C25H29NO5. The Morgan fingerprint density at radius 1 is 1.13 bits per heavy atom. The number of carbonyl (C=O) groups excluding carboxylic acids is 2. The van der Waals surface area contributed by atoms with E-state index in [4.69, 9.17) is 9.47 Å². The van der Waals surface area contributed by atoms with Gasteiger partial charge in [0.05, 0.1) is 31.3 Å². The summed E-state index contributed by atoms with van der Waals surface area (Å²) >= 11 is 0. The number of hydrogen-bond donors (Lipinski definition) is 1. The first-order valence-corrected chi connectivity index (χ1v) is 11.0. The summed E-state index contributed by atoms with van der Waals surface area (Å²) in [5, 5.41) is 11.6. The van der Waals surface area contributed by atoms with E-state index in [1.54, 1.807) is 11.8 Å². The van der Waals surface area contributed by atoms with Gasteiger partial charge in [-0.2, -0.15) is 0 Å². The molecule has 0 bridgehead atoms. The molecule has 0 aliphatic carbocycles. The van der Waals surface area contributed by atoms with Crippen LogP contribution in [0.1, 0.15) is 50.0 Å². The fraction of sp³-hybridized carbons (Fsp3) is 0.440. The van der Waals surface area contributed by atoms with Crippen molar-refractivity contribution < 1.29 is 24.2 Å². The molecule has 5 atom stereocenters. The Morgan fingerprint density at radius 3 is 2.35 bits per heavy atom. The van der Waals surface area contributed by atoms with Crippen molar-refractivity contribution in [3.05, 3.63) is 71.8 Å². The summed E-state index contributed by atoms with van der Waals surface area (Å²) in [5.41, 5.74) is 0.483. The molecule has 0 unspecified atom stereocenters. The van der Waals surface area contributed by atoms with Crippen molar-refractivity contribution >= 4 is 11.9 Å². The average Bonchev–Trinajstić information content (AvgIpc) is 3.58. The first kappa shape index (κ1) is 21.5. The molecule has 6 nitrogen and oxygen atoms in total. The van der Waals surface area contributed by atoms with E-state index in [0.29, 0.717) is 12.2 Å². The fourth-order valence-corrected chi connectivity index (χ4v) is 4.93. The predicted molar refractivity (Wildman–Crippen MR) is 115 cm³/mol. The summed E-state index contributed by atoms with van der Waals surface area (Å²) in [6, 6.07) is 18.6. The van der Waals surface area contributed by atoms with E-state index in [0.717, 1.165) is 12.0 Å². The normalized spacial score (nSPS) is 28.0. The molecule has 2 aliphatic heterocycles. The van der Waals surface area contributed by atoms with Crippen molar-refractivity contribution in [3.8, 4) is 0 Å². The minimum Gasteiger partial charge on any atom is -0.466 e. The summed E-state index contributed by atoms with van der Waals surface area (Å²) < 4.78 is 11.0. The van der Waals surface area contributed by atoms with Gasteiger partial charge >= 0.3 is 5.97 Å². The van der Waals surface area contributed by atoms with Gasteiger partial charge in [0, 0.05) is 6.54 Å². The van der Waals surface area contributed by atoms with Crippen molar-refractivity contribution in [1.82, 2.24) is 4.90 Å². The number of β-lactam (4-membered cyclic amide) rings is 1. The molecule has 1 amide bonds. The van der Waals surface area contributed by atoms with Crippen molar-refractivity contribution in [2.75, 3.05) is 13.2 Å². The Bertz CT molecular complexity index is 918. The van der Waals surface area contributed by atoms with Crippen molar-refractivity contribution in [3.63, 3.8) is 0 Å². The van der Waals surface area contributed by atoms with Crippen LogP contribution in [0, 0.1) is 5.41 Å². The van der Waals surface area contributed by atoms with Gasteiger partial charge in [-0.05, 0) is 24.5 Å². The zero-order chi connectivity index (χ0) is 22.0. The SMILES string of the molecule is CCOC(=O)CCN1C(=O)[C@@]([C@@H](O)c2ccccc2)([C@H]2O[C@@H]2CC)[C@H]1c1ccccc1. The van der Waals surface area contributed by atoms with E-state index in [2.05, 4.69) is 0 Å². The standard InChI is InChI=1S/C25H29NO5/c1-3-19-23(31-19)25(22(28)18-13-9-6-10-14-18)21(17-11-7-5-8-12-17)26(24(25)29)16-15-20(27)30-4-2/h5-14,19,21-23,28H,3-4,15-16H2,1-2H3/t19-,21-,22+,23+,25+/m1/s1. The number of ether oxygens (including phenoxy) is 2. The van der Waals surface area contributed by atoms with Gasteiger partial charge in [-0.3, -0.25) is 9.59 Å². The maximum Gasteiger partial charge on any atom is 0.307 e. The van der Waals surface area contributed by atoms with Crippen LogP contribution in [0.25, 0.3) is 0 Å². The largest absolute Gasteiger partial charge is 0.466 e. The van der Waals surface area contributed by atoms with Crippen molar-refractivity contribution in [1.29, 1.82) is 0 Å². The molecule has 2 heterocycles. The molecule has 1 N–H and O–H groups in total. The number of rotatable bonds is 9. The molecule has 2 aliphatic rings. The number of benzene rings is 2. The number of esters is 1. The van der Waals surface area contributed by atoms with E-state index in [9.17, 15) is 14.7 Å². The molecule has 2 aromatic rings. The predicted octanol–water partition coefficient (Wildman–Crippen LogP) is 3.42. The van der Waals surface area contributed by atoms with Gasteiger partial charge in [0.25, 0.3) is 0 Å². The fourth-order valence-electron chi connectivity index (χ4n) is 4.93. The lowest BCUT2D eigenvalue weighted by Gasteiger charge is -2.58. The van der Waals surface area contributed by atoms with Crippen LogP contribution in [0.5, 0.6) is 0 Å². The Balaban J connectivity index is 1.73. The summed E-state index contributed by atoms with van der Waals surface area (Å²) in [6.07, 6.45) is -0.578. The number of carbonyl (C=O) groups is 2. The second kappa shape index (κ2) is 8.81. The zero-order valence-electron chi connectivity index (χ0n) is 17.9. The van der Waals surface area contributed by atoms with Crippen LogP contribution in [-0.4, -0.2) is 47.2 Å². The molecule has 0 aromatic heterocycles. The van der Waals surface area contributed by atoms with Gasteiger partial charge in [-0.1, -0.05) is 67.6 Å². The Kier molecular flexibility index (Phi) is 6.12. The molecule has 0 spiro atoms. The van der Waals surface area contributed by atoms with Crippen LogP contribution in [0.2, 0.25) is 0 Å². The highest BCUT2D eigenvalue weighted by molar-refractivity contribution is 5.93. The second-order valence-electron chi connectivity index (χ2n) is 8.12. The molecule has 0 saturated carbocycles. The number of likely N-dealkylation sites (tertiary alicyclic amines) is 1. The molecular weight excluding hydrogens is 394 g/mol. The van der Waals surface area contributed by atoms with E-state index < -0.39 is 17.6 Å². The number of aliphatic hydroxyl groups excluding tert-OH is 1. The van der Waals surface area contributed by atoms with Gasteiger partial charge < -0.3 is 19.5 Å². The van der Waals surface area contributed by atoms with Gasteiger partial charge in [0.15, 0.2) is 0 Å². The van der Waals surface area contributed by atoms with Crippen molar-refractivity contribution in [2.24, 2.45) is 5.41 Å². The molecule has 31 heavy (non-hydrogen) atoms.